The van der Waals surface area contributed by atoms with Crippen molar-refractivity contribution < 1.29 is 17.6 Å². The highest BCUT2D eigenvalue weighted by Gasteiger charge is 2.25. The SMILES string of the molecule is CCC(CC)c1c(F)c(F)nc(F)c1F. The molecular formula is C10H11F4N. The van der Waals surface area contributed by atoms with Crippen molar-refractivity contribution in [1.29, 1.82) is 0 Å². The van der Waals surface area contributed by atoms with Crippen molar-refractivity contribution in [2.45, 2.75) is 32.6 Å². The second kappa shape index (κ2) is 4.59. The van der Waals surface area contributed by atoms with E-state index in [9.17, 15) is 17.6 Å². The molecule has 84 valence electrons. The molecule has 5 heteroatoms. The van der Waals surface area contributed by atoms with E-state index in [1.165, 1.54) is 0 Å². The van der Waals surface area contributed by atoms with Crippen LogP contribution >= 0.6 is 0 Å². The van der Waals surface area contributed by atoms with Gasteiger partial charge in [0.1, 0.15) is 0 Å². The minimum absolute atomic E-state index is 0.410. The minimum Gasteiger partial charge on any atom is -0.202 e. The summed E-state index contributed by atoms with van der Waals surface area (Å²) in [5.41, 5.74) is -0.537. The van der Waals surface area contributed by atoms with E-state index in [2.05, 4.69) is 4.98 Å². The van der Waals surface area contributed by atoms with Gasteiger partial charge in [0.2, 0.25) is 0 Å². The summed E-state index contributed by atoms with van der Waals surface area (Å²) >= 11 is 0. The second-order valence-electron chi connectivity index (χ2n) is 3.25. The van der Waals surface area contributed by atoms with Gasteiger partial charge in [-0.3, -0.25) is 0 Å². The first-order valence-corrected chi connectivity index (χ1v) is 4.72. The van der Waals surface area contributed by atoms with Gasteiger partial charge in [-0.25, -0.2) is 8.78 Å². The number of nitrogens with zero attached hydrogens (tertiary/aromatic N) is 1. The summed E-state index contributed by atoms with van der Waals surface area (Å²) in [5, 5.41) is 0. The van der Waals surface area contributed by atoms with E-state index >= 15 is 0 Å². The normalized spacial score (nSPS) is 11.1. The summed E-state index contributed by atoms with van der Waals surface area (Å²) in [6.45, 7) is 3.40. The molecule has 1 rings (SSSR count). The first kappa shape index (κ1) is 11.9. The Morgan fingerprint density at radius 1 is 0.933 bits per heavy atom. The quantitative estimate of drug-likeness (QED) is 0.562. The van der Waals surface area contributed by atoms with Gasteiger partial charge in [-0.2, -0.15) is 13.8 Å². The lowest BCUT2D eigenvalue weighted by atomic mass is 9.94. The molecule has 0 amide bonds. The number of pyridine rings is 1. The molecule has 1 heterocycles. The van der Waals surface area contributed by atoms with Crippen LogP contribution in [0.5, 0.6) is 0 Å². The van der Waals surface area contributed by atoms with Crippen molar-refractivity contribution in [1.82, 2.24) is 4.98 Å². The van der Waals surface area contributed by atoms with Crippen LogP contribution in [0.3, 0.4) is 0 Å². The van der Waals surface area contributed by atoms with Gasteiger partial charge in [0, 0.05) is 5.56 Å². The molecule has 0 unspecified atom stereocenters. The zero-order valence-corrected chi connectivity index (χ0v) is 8.45. The van der Waals surface area contributed by atoms with E-state index < -0.39 is 35.0 Å². The molecule has 1 aromatic rings. The molecule has 0 saturated heterocycles. The number of halogens is 4. The van der Waals surface area contributed by atoms with Gasteiger partial charge in [0.05, 0.1) is 0 Å². The summed E-state index contributed by atoms with van der Waals surface area (Å²) in [7, 11) is 0. The molecule has 0 aliphatic heterocycles. The Kier molecular flexibility index (Phi) is 3.66. The van der Waals surface area contributed by atoms with E-state index in [4.69, 9.17) is 0 Å². The fourth-order valence-electron chi connectivity index (χ4n) is 1.56. The molecule has 0 aromatic carbocycles. The largest absolute Gasteiger partial charge is 0.252 e. The lowest BCUT2D eigenvalue weighted by molar-refractivity contribution is 0.382. The maximum Gasteiger partial charge on any atom is 0.252 e. The first-order valence-electron chi connectivity index (χ1n) is 4.72. The van der Waals surface area contributed by atoms with E-state index in [1.54, 1.807) is 13.8 Å². The van der Waals surface area contributed by atoms with Crippen LogP contribution in [0.1, 0.15) is 38.2 Å². The molecule has 0 radical (unpaired) electrons. The standard InChI is InChI=1S/C10H11F4N/c1-3-5(4-2)6-7(11)9(13)15-10(14)8(6)12/h5H,3-4H2,1-2H3. The molecular weight excluding hydrogens is 210 g/mol. The molecule has 0 N–H and O–H groups in total. The zero-order chi connectivity index (χ0) is 11.6. The number of hydrogen-bond acceptors (Lipinski definition) is 1. The van der Waals surface area contributed by atoms with Crippen LogP contribution in [0.2, 0.25) is 0 Å². The molecule has 0 atom stereocenters. The van der Waals surface area contributed by atoms with E-state index in [0.717, 1.165) is 0 Å². The Morgan fingerprint density at radius 3 is 1.67 bits per heavy atom. The van der Waals surface area contributed by atoms with Gasteiger partial charge in [0.25, 0.3) is 11.9 Å². The summed E-state index contributed by atoms with van der Waals surface area (Å²) in [4.78, 5) is 2.50. The van der Waals surface area contributed by atoms with Crippen LogP contribution in [0.4, 0.5) is 17.6 Å². The van der Waals surface area contributed by atoms with Crippen molar-refractivity contribution in [3.05, 3.63) is 29.1 Å². The summed E-state index contributed by atoms with van der Waals surface area (Å²) < 4.78 is 52.0. The molecule has 0 bridgehead atoms. The van der Waals surface area contributed by atoms with Crippen molar-refractivity contribution in [2.75, 3.05) is 0 Å². The molecule has 0 spiro atoms. The Balaban J connectivity index is 3.37. The van der Waals surface area contributed by atoms with Crippen molar-refractivity contribution in [3.63, 3.8) is 0 Å². The van der Waals surface area contributed by atoms with E-state index in [-0.39, 0.29) is 0 Å². The predicted molar refractivity (Wildman–Crippen MR) is 47.4 cm³/mol. The summed E-state index contributed by atoms with van der Waals surface area (Å²) in [5.74, 6) is -6.48. The Labute approximate surface area is 85.1 Å². The Bertz CT molecular complexity index is 335. The third-order valence-corrected chi connectivity index (χ3v) is 2.43. The van der Waals surface area contributed by atoms with Crippen molar-refractivity contribution in [3.8, 4) is 0 Å². The Morgan fingerprint density at radius 2 is 1.33 bits per heavy atom. The van der Waals surface area contributed by atoms with Crippen LogP contribution in [-0.4, -0.2) is 4.98 Å². The fraction of sp³-hybridized carbons (Fsp3) is 0.500. The molecule has 0 aliphatic carbocycles. The molecule has 0 saturated carbocycles. The summed E-state index contributed by atoms with van der Waals surface area (Å²) in [6, 6.07) is 0. The molecule has 1 nitrogen and oxygen atoms in total. The van der Waals surface area contributed by atoms with Crippen LogP contribution in [0.25, 0.3) is 0 Å². The third kappa shape index (κ3) is 2.11. The number of rotatable bonds is 3. The number of hydrogen-bond donors (Lipinski definition) is 0. The Hall–Kier alpha value is -1.13. The molecule has 0 fully saturated rings. The number of aromatic nitrogens is 1. The maximum absolute atomic E-state index is 13.2. The van der Waals surface area contributed by atoms with Crippen molar-refractivity contribution in [2.24, 2.45) is 0 Å². The highest BCUT2D eigenvalue weighted by atomic mass is 19.2. The highest BCUT2D eigenvalue weighted by molar-refractivity contribution is 5.21. The lowest BCUT2D eigenvalue weighted by Crippen LogP contribution is -2.10. The van der Waals surface area contributed by atoms with Crippen LogP contribution in [0.15, 0.2) is 0 Å². The van der Waals surface area contributed by atoms with Crippen LogP contribution in [-0.2, 0) is 0 Å². The average molecular weight is 221 g/mol. The van der Waals surface area contributed by atoms with Gasteiger partial charge in [0.15, 0.2) is 11.6 Å². The second-order valence-corrected chi connectivity index (χ2v) is 3.25. The van der Waals surface area contributed by atoms with Gasteiger partial charge in [-0.15, -0.1) is 0 Å². The van der Waals surface area contributed by atoms with Crippen molar-refractivity contribution >= 4 is 0 Å². The maximum atomic E-state index is 13.2. The van der Waals surface area contributed by atoms with Crippen LogP contribution < -0.4 is 0 Å². The average Bonchev–Trinajstić information content (AvgIpc) is 2.21. The van der Waals surface area contributed by atoms with Gasteiger partial charge in [-0.1, -0.05) is 13.8 Å². The van der Waals surface area contributed by atoms with Gasteiger partial charge in [-0.05, 0) is 18.8 Å². The fourth-order valence-corrected chi connectivity index (χ4v) is 1.56. The van der Waals surface area contributed by atoms with Gasteiger partial charge >= 0.3 is 0 Å². The highest BCUT2D eigenvalue weighted by Crippen LogP contribution is 2.29. The lowest BCUT2D eigenvalue weighted by Gasteiger charge is -2.14. The molecule has 0 aliphatic rings. The summed E-state index contributed by atoms with van der Waals surface area (Å²) in [6.07, 6.45) is 0.820. The predicted octanol–water partition coefficient (Wildman–Crippen LogP) is 3.54. The first-order chi connectivity index (χ1) is 7.02. The van der Waals surface area contributed by atoms with Gasteiger partial charge < -0.3 is 0 Å². The van der Waals surface area contributed by atoms with E-state index in [1.807, 2.05) is 0 Å². The smallest absolute Gasteiger partial charge is 0.202 e. The van der Waals surface area contributed by atoms with Crippen LogP contribution in [0, 0.1) is 23.5 Å². The molecule has 1 aromatic heterocycles. The van der Waals surface area contributed by atoms with E-state index in [0.29, 0.717) is 12.8 Å². The third-order valence-electron chi connectivity index (χ3n) is 2.43. The minimum atomic E-state index is -1.59. The molecule has 15 heavy (non-hydrogen) atoms. The monoisotopic (exact) mass is 221 g/mol. The topological polar surface area (TPSA) is 12.9 Å². The zero-order valence-electron chi connectivity index (χ0n) is 8.45.